The van der Waals surface area contributed by atoms with E-state index in [9.17, 15) is 0 Å². The van der Waals surface area contributed by atoms with Crippen molar-refractivity contribution >= 4 is 16.7 Å². The van der Waals surface area contributed by atoms with E-state index in [2.05, 4.69) is 21.8 Å². The van der Waals surface area contributed by atoms with Gasteiger partial charge in [-0.3, -0.25) is 0 Å². The molecule has 138 valence electrons. The molecular formula is C15H22N4O6. The van der Waals surface area contributed by atoms with Crippen LogP contribution in [0.4, 0.5) is 5.82 Å². The third kappa shape index (κ3) is 5.60. The Bertz CT molecular complexity index is 693. The fourth-order valence-electron chi connectivity index (χ4n) is 2.30. The summed E-state index contributed by atoms with van der Waals surface area (Å²) in [5.74, 6) is 2.14. The lowest BCUT2D eigenvalue weighted by Gasteiger charge is -2.23. The Balaban J connectivity index is 0.000000705. The number of fused-ring (bicyclic) bond motifs is 1. The molecule has 0 spiro atoms. The van der Waals surface area contributed by atoms with Crippen LogP contribution in [0.3, 0.4) is 0 Å². The summed E-state index contributed by atoms with van der Waals surface area (Å²) in [5.41, 5.74) is 0.806. The molecule has 2 N–H and O–H groups in total. The van der Waals surface area contributed by atoms with E-state index >= 15 is 0 Å². The number of rotatable bonds is 7. The fourth-order valence-corrected chi connectivity index (χ4v) is 2.30. The van der Waals surface area contributed by atoms with Gasteiger partial charge in [-0.05, 0) is 19.4 Å². The van der Waals surface area contributed by atoms with Crippen LogP contribution in [0, 0.1) is 10.1 Å². The van der Waals surface area contributed by atoms with E-state index in [0.717, 1.165) is 29.8 Å². The summed E-state index contributed by atoms with van der Waals surface area (Å²) in [6.07, 6.45) is 2.25. The van der Waals surface area contributed by atoms with E-state index in [1.165, 1.54) is 0 Å². The smallest absolute Gasteiger partial charge is 0.291 e. The van der Waals surface area contributed by atoms with E-state index in [1.54, 1.807) is 20.5 Å². The minimum absolute atomic E-state index is 0.163. The molecular weight excluding hydrogens is 332 g/mol. The number of aliphatic hydroxyl groups is 1. The van der Waals surface area contributed by atoms with Crippen LogP contribution in [-0.2, 0) is 0 Å². The number of benzene rings is 1. The summed E-state index contributed by atoms with van der Waals surface area (Å²) in [6, 6.07) is 3.74. The van der Waals surface area contributed by atoms with Crippen molar-refractivity contribution in [2.24, 2.45) is 0 Å². The topological polar surface area (TPSA) is 131 Å². The second-order valence-corrected chi connectivity index (χ2v) is 4.82. The summed E-state index contributed by atoms with van der Waals surface area (Å²) in [5, 5.41) is 23.6. The highest BCUT2D eigenvalue weighted by Gasteiger charge is 2.14. The Kier molecular flexibility index (Phi) is 8.13. The van der Waals surface area contributed by atoms with Crippen molar-refractivity contribution in [2.45, 2.75) is 13.3 Å². The van der Waals surface area contributed by atoms with Gasteiger partial charge in [0, 0.05) is 31.1 Å². The maximum Gasteiger partial charge on any atom is 0.291 e. The molecule has 0 aliphatic rings. The summed E-state index contributed by atoms with van der Waals surface area (Å²) in [7, 11) is 3.21. The molecule has 0 radical (unpaired) electrons. The van der Waals surface area contributed by atoms with E-state index in [4.69, 9.17) is 29.9 Å². The monoisotopic (exact) mass is 354 g/mol. The first kappa shape index (κ1) is 20.2. The summed E-state index contributed by atoms with van der Waals surface area (Å²) in [4.78, 5) is 19.2. The number of aromatic nitrogens is 2. The molecule has 1 aromatic carbocycles. The molecule has 0 unspecified atom stereocenters. The molecule has 0 saturated carbocycles. The SMILES string of the molecule is CCN(CCCO)c1ncnc2cc(OC)c(OC)cc12.O=[N+]([O-])O. The Labute approximate surface area is 144 Å². The first-order valence-electron chi connectivity index (χ1n) is 7.54. The van der Waals surface area contributed by atoms with Gasteiger partial charge in [0.25, 0.3) is 5.09 Å². The number of aliphatic hydroxyl groups excluding tert-OH is 1. The average Bonchev–Trinajstić information content (AvgIpc) is 2.60. The van der Waals surface area contributed by atoms with Gasteiger partial charge in [0.2, 0.25) is 0 Å². The number of anilines is 1. The largest absolute Gasteiger partial charge is 0.493 e. The van der Waals surface area contributed by atoms with Gasteiger partial charge in [-0.1, -0.05) is 0 Å². The molecule has 0 bridgehead atoms. The van der Waals surface area contributed by atoms with Crippen molar-refractivity contribution in [3.63, 3.8) is 0 Å². The normalized spacial score (nSPS) is 9.92. The lowest BCUT2D eigenvalue weighted by molar-refractivity contribution is -0.742. The Morgan fingerprint density at radius 2 is 1.84 bits per heavy atom. The third-order valence-electron chi connectivity index (χ3n) is 3.39. The molecule has 1 heterocycles. The van der Waals surface area contributed by atoms with Gasteiger partial charge in [-0.15, -0.1) is 10.1 Å². The molecule has 2 rings (SSSR count). The highest BCUT2D eigenvalue weighted by atomic mass is 16.9. The predicted octanol–water partition coefficient (Wildman–Crippen LogP) is 1.51. The Morgan fingerprint density at radius 1 is 1.24 bits per heavy atom. The second kappa shape index (κ2) is 10.1. The zero-order valence-corrected chi connectivity index (χ0v) is 14.4. The van der Waals surface area contributed by atoms with E-state index in [-0.39, 0.29) is 6.61 Å². The maximum atomic E-state index is 9.03. The molecule has 0 aliphatic carbocycles. The summed E-state index contributed by atoms with van der Waals surface area (Å²) >= 11 is 0. The van der Waals surface area contributed by atoms with E-state index in [0.29, 0.717) is 17.9 Å². The fraction of sp³-hybridized carbons (Fsp3) is 0.467. The van der Waals surface area contributed by atoms with Crippen LogP contribution in [0.25, 0.3) is 10.9 Å². The second-order valence-electron chi connectivity index (χ2n) is 4.82. The van der Waals surface area contributed by atoms with Crippen LogP contribution >= 0.6 is 0 Å². The van der Waals surface area contributed by atoms with Gasteiger partial charge in [0.15, 0.2) is 11.5 Å². The minimum atomic E-state index is -1.50. The molecule has 0 atom stereocenters. The highest BCUT2D eigenvalue weighted by Crippen LogP contribution is 2.34. The van der Waals surface area contributed by atoms with Crippen molar-refractivity contribution in [3.05, 3.63) is 28.6 Å². The molecule has 10 nitrogen and oxygen atoms in total. The minimum Gasteiger partial charge on any atom is -0.493 e. The molecule has 25 heavy (non-hydrogen) atoms. The predicted molar refractivity (Wildman–Crippen MR) is 91.0 cm³/mol. The lowest BCUT2D eigenvalue weighted by Crippen LogP contribution is -2.25. The van der Waals surface area contributed by atoms with Crippen molar-refractivity contribution in [1.82, 2.24) is 9.97 Å². The van der Waals surface area contributed by atoms with Crippen LogP contribution in [0.5, 0.6) is 11.5 Å². The molecule has 1 aromatic heterocycles. The number of nitrogens with zero attached hydrogens (tertiary/aromatic N) is 4. The van der Waals surface area contributed by atoms with Crippen molar-refractivity contribution in [2.75, 3.05) is 38.8 Å². The Hall–Kier alpha value is -2.88. The summed E-state index contributed by atoms with van der Waals surface area (Å²) < 4.78 is 10.7. The van der Waals surface area contributed by atoms with Gasteiger partial charge < -0.3 is 24.7 Å². The van der Waals surface area contributed by atoms with Gasteiger partial charge in [-0.25, -0.2) is 9.97 Å². The van der Waals surface area contributed by atoms with Crippen LogP contribution in [0.15, 0.2) is 18.5 Å². The molecule has 10 heteroatoms. The molecule has 2 aromatic rings. The third-order valence-corrected chi connectivity index (χ3v) is 3.39. The van der Waals surface area contributed by atoms with E-state index in [1.807, 2.05) is 12.1 Å². The highest BCUT2D eigenvalue weighted by molar-refractivity contribution is 5.92. The zero-order chi connectivity index (χ0) is 18.8. The summed E-state index contributed by atoms with van der Waals surface area (Å²) in [6.45, 7) is 3.77. The lowest BCUT2D eigenvalue weighted by atomic mass is 10.2. The first-order valence-corrected chi connectivity index (χ1v) is 7.54. The van der Waals surface area contributed by atoms with Gasteiger partial charge in [0.1, 0.15) is 12.1 Å². The van der Waals surface area contributed by atoms with E-state index < -0.39 is 5.09 Å². The first-order chi connectivity index (χ1) is 12.0. The molecule has 0 fully saturated rings. The number of hydrogen-bond donors (Lipinski definition) is 2. The van der Waals surface area contributed by atoms with Gasteiger partial charge >= 0.3 is 0 Å². The van der Waals surface area contributed by atoms with Crippen molar-refractivity contribution < 1.29 is 24.9 Å². The van der Waals surface area contributed by atoms with Crippen molar-refractivity contribution in [3.8, 4) is 11.5 Å². The van der Waals surface area contributed by atoms with Crippen LogP contribution in [0.2, 0.25) is 0 Å². The number of hydrogen-bond acceptors (Lipinski definition) is 8. The quantitative estimate of drug-likeness (QED) is 0.561. The standard InChI is InChI=1S/C15H21N3O3.HNO3/c1-4-18(6-5-7-19)15-11-8-13(20-2)14(21-3)9-12(11)16-10-17-15;2-1(3)4/h8-10,19H,4-7H2,1-3H3;(H,2,3,4). The van der Waals surface area contributed by atoms with Crippen LogP contribution in [0.1, 0.15) is 13.3 Å². The maximum absolute atomic E-state index is 9.03. The zero-order valence-electron chi connectivity index (χ0n) is 14.4. The van der Waals surface area contributed by atoms with Crippen LogP contribution in [-0.4, -0.2) is 59.3 Å². The molecule has 0 saturated heterocycles. The molecule has 0 aliphatic heterocycles. The number of ether oxygens (including phenoxy) is 2. The van der Waals surface area contributed by atoms with Gasteiger partial charge in [0.05, 0.1) is 19.7 Å². The Morgan fingerprint density at radius 3 is 2.36 bits per heavy atom. The van der Waals surface area contributed by atoms with Crippen molar-refractivity contribution in [1.29, 1.82) is 0 Å². The average molecular weight is 354 g/mol. The molecule has 0 amide bonds. The van der Waals surface area contributed by atoms with Gasteiger partial charge in [-0.2, -0.15) is 0 Å². The van der Waals surface area contributed by atoms with Crippen LogP contribution < -0.4 is 14.4 Å². The number of methoxy groups -OCH3 is 2.